The molecule has 0 aliphatic carbocycles. The van der Waals surface area contributed by atoms with Crippen LogP contribution in [0.4, 0.5) is 4.79 Å². The van der Waals surface area contributed by atoms with Crippen LogP contribution in [0.1, 0.15) is 18.1 Å². The van der Waals surface area contributed by atoms with Crippen molar-refractivity contribution in [3.63, 3.8) is 0 Å². The molecule has 11 heteroatoms. The Bertz CT molecular complexity index is 972. The van der Waals surface area contributed by atoms with Gasteiger partial charge in [0, 0.05) is 16.6 Å². The minimum Gasteiger partial charge on any atom is -0.489 e. The van der Waals surface area contributed by atoms with Crippen LogP contribution in [0.5, 0.6) is 5.75 Å². The number of imide groups is 1. The van der Waals surface area contributed by atoms with Gasteiger partial charge in [-0.2, -0.15) is 5.48 Å². The Hall–Kier alpha value is -3.81. The van der Waals surface area contributed by atoms with E-state index < -0.39 is 18.0 Å². The molecule has 2 rings (SSSR count). The van der Waals surface area contributed by atoms with Crippen molar-refractivity contribution in [3.05, 3.63) is 95.4 Å². The molecule has 0 bridgehead atoms. The number of allylic oxidation sites excluding steroid dienone is 2. The Labute approximate surface area is 200 Å². The fourth-order valence-electron chi connectivity index (χ4n) is 2.11. The molecule has 0 heterocycles. The molecule has 2 aromatic rings. The third-order valence-electron chi connectivity index (χ3n) is 3.81. The number of hydrogen-bond donors (Lipinski definition) is 2. The highest BCUT2D eigenvalue weighted by molar-refractivity contribution is 7.27. The normalized spacial score (nSPS) is 9.94. The van der Waals surface area contributed by atoms with Crippen LogP contribution in [-0.4, -0.2) is 24.8 Å². The van der Waals surface area contributed by atoms with Gasteiger partial charge in [0.25, 0.3) is 5.91 Å². The molecular weight excluding hydrogens is 457 g/mol. The first-order chi connectivity index (χ1) is 16.4. The average Bonchev–Trinajstić information content (AvgIpc) is 2.85. The van der Waals surface area contributed by atoms with Gasteiger partial charge in [0.2, 0.25) is 0 Å². The van der Waals surface area contributed by atoms with E-state index in [-0.39, 0.29) is 0 Å². The van der Waals surface area contributed by atoms with E-state index in [0.29, 0.717) is 13.2 Å². The summed E-state index contributed by atoms with van der Waals surface area (Å²) in [6.07, 6.45) is 2.33. The van der Waals surface area contributed by atoms with Gasteiger partial charge in [-0.05, 0) is 41.0 Å². The lowest BCUT2D eigenvalue weighted by molar-refractivity contribution is -0.135. The van der Waals surface area contributed by atoms with Crippen molar-refractivity contribution in [2.24, 2.45) is 5.11 Å². The second-order valence-electron chi connectivity index (χ2n) is 6.17. The highest BCUT2D eigenvalue weighted by Gasteiger charge is 2.15. The van der Waals surface area contributed by atoms with Crippen LogP contribution in [0.2, 0.25) is 0 Å². The summed E-state index contributed by atoms with van der Waals surface area (Å²) in [6, 6.07) is 14.3. The lowest BCUT2D eigenvalue weighted by atomic mass is 10.2. The summed E-state index contributed by atoms with van der Waals surface area (Å²) in [4.78, 5) is 38.1. The number of azide groups is 1. The van der Waals surface area contributed by atoms with Gasteiger partial charge in [-0.1, -0.05) is 61.7 Å². The molecule has 34 heavy (non-hydrogen) atoms. The largest absolute Gasteiger partial charge is 0.489 e. The number of urea groups is 1. The fourth-order valence-corrected chi connectivity index (χ4v) is 2.40. The third-order valence-corrected chi connectivity index (χ3v) is 4.37. The Balaban J connectivity index is 0.00000164. The molecule has 180 valence electrons. The van der Waals surface area contributed by atoms with Gasteiger partial charge < -0.3 is 9.53 Å². The van der Waals surface area contributed by atoms with Crippen molar-refractivity contribution in [1.29, 1.82) is 0 Å². The Morgan fingerprint density at radius 3 is 2.32 bits per heavy atom. The summed E-state index contributed by atoms with van der Waals surface area (Å²) in [5.41, 5.74) is 12.8. The predicted octanol–water partition coefficient (Wildman–Crippen LogP) is 3.90. The van der Waals surface area contributed by atoms with Crippen LogP contribution in [0.15, 0.2) is 79.0 Å². The van der Waals surface area contributed by atoms with Crippen molar-refractivity contribution in [1.82, 2.24) is 10.8 Å². The van der Waals surface area contributed by atoms with Crippen LogP contribution in [-0.2, 0) is 27.6 Å². The Kier molecular flexibility index (Phi) is 16.6. The Morgan fingerprint density at radius 2 is 1.76 bits per heavy atom. The Morgan fingerprint density at radius 1 is 1.15 bits per heavy atom. The van der Waals surface area contributed by atoms with Crippen molar-refractivity contribution < 1.29 is 24.0 Å². The van der Waals surface area contributed by atoms with Crippen LogP contribution < -0.4 is 20.8 Å². The summed E-state index contributed by atoms with van der Waals surface area (Å²) in [5, 5.41) is 5.73. The van der Waals surface area contributed by atoms with Crippen molar-refractivity contribution in [3.8, 4) is 5.75 Å². The molecule has 10 nitrogen and oxygen atoms in total. The lowest BCUT2D eigenvalue weighted by Crippen LogP contribution is -2.39. The number of benzene rings is 2. The molecule has 0 aliphatic rings. The van der Waals surface area contributed by atoms with Gasteiger partial charge in [-0.15, -0.1) is 9.24 Å². The number of nitrogens with one attached hydrogen (secondary N) is 2. The van der Waals surface area contributed by atoms with Crippen molar-refractivity contribution in [2.45, 2.75) is 26.2 Å². The van der Waals surface area contributed by atoms with Gasteiger partial charge in [-0.25, -0.2) is 0 Å². The maximum absolute atomic E-state index is 11.6. The number of hydroxylamine groups is 1. The van der Waals surface area contributed by atoms with Gasteiger partial charge >= 0.3 is 6.03 Å². The maximum Gasteiger partial charge on any atom is 0.314 e. The molecule has 0 fully saturated rings. The zero-order valence-electron chi connectivity index (χ0n) is 18.8. The van der Waals surface area contributed by atoms with Crippen LogP contribution in [0, 0.1) is 0 Å². The predicted molar refractivity (Wildman–Crippen MR) is 134 cm³/mol. The van der Waals surface area contributed by atoms with E-state index in [9.17, 15) is 9.59 Å². The van der Waals surface area contributed by atoms with E-state index >= 15 is 0 Å². The molecule has 0 saturated carbocycles. The number of nitrogens with zero attached hydrogens (tertiary/aromatic N) is 3. The summed E-state index contributed by atoms with van der Waals surface area (Å²) < 4.78 is 5.77. The van der Waals surface area contributed by atoms with E-state index in [1.54, 1.807) is 12.2 Å². The van der Waals surface area contributed by atoms with E-state index in [1.165, 1.54) is 6.92 Å². The number of hydrogen-bond acceptors (Lipinski definition) is 6. The molecule has 3 amide bonds. The summed E-state index contributed by atoms with van der Waals surface area (Å²) in [5.74, 6) is 0.0187. The molecule has 0 saturated heterocycles. The maximum atomic E-state index is 11.6. The highest BCUT2D eigenvalue weighted by Crippen LogP contribution is 2.14. The first-order valence-corrected chi connectivity index (χ1v) is 10.3. The van der Waals surface area contributed by atoms with E-state index in [1.807, 2.05) is 60.6 Å². The van der Waals surface area contributed by atoms with E-state index in [0.717, 1.165) is 22.2 Å². The number of carbonyl (C=O) groups excluding carboxylic acids is 3. The monoisotopic (exact) mass is 485 g/mol. The molecule has 0 radical (unpaired) electrons. The molecule has 2 N–H and O–H groups in total. The molecule has 0 spiro atoms. The topological polar surface area (TPSA) is 142 Å². The first kappa shape index (κ1) is 30.2. The minimum absolute atomic E-state index is 0.344. The fraction of sp³-hybridized carbons (Fsp3) is 0.174. The van der Waals surface area contributed by atoms with Gasteiger partial charge in [0.1, 0.15) is 19.1 Å². The number of rotatable bonds is 9. The van der Waals surface area contributed by atoms with Gasteiger partial charge in [0.15, 0.2) is 6.10 Å². The molecule has 2 atom stereocenters. The number of carbonyl (C=O) groups is 3. The second-order valence-corrected chi connectivity index (χ2v) is 6.79. The average molecular weight is 485 g/mol. The summed E-state index contributed by atoms with van der Waals surface area (Å²) in [6.45, 7) is 11.0. The first-order valence-electron chi connectivity index (χ1n) is 9.77. The third kappa shape index (κ3) is 12.9. The molecule has 0 aromatic heterocycles. The van der Waals surface area contributed by atoms with Crippen molar-refractivity contribution in [2.75, 3.05) is 0 Å². The molecular formula is C23H28N5O5P. The van der Waals surface area contributed by atoms with Crippen LogP contribution in [0.25, 0.3) is 10.4 Å². The minimum atomic E-state index is -1.08. The zero-order chi connectivity index (χ0) is 25.8. The number of ether oxygens (including phenoxy) is 1. The lowest BCUT2D eigenvalue weighted by Gasteiger charge is -2.13. The molecule has 0 aliphatic heterocycles. The summed E-state index contributed by atoms with van der Waals surface area (Å²) >= 11 is 0. The van der Waals surface area contributed by atoms with Gasteiger partial charge in [-0.3, -0.25) is 19.7 Å². The standard InChI is InChI=1S/C18H20N5O4P.C4H6.CH2O/c1-12(17(24)21-18(25)22-23-19)27-20-10-13-6-8-15(9-7-13)26-11-14-4-2-3-5-16(14)28;1-3-4-2;1-2/h2-9,12,20H,10-11,28H2,1H3,(H,21,24,25);3-4H,1-2H2;1H2. The van der Waals surface area contributed by atoms with Crippen LogP contribution in [0.3, 0.4) is 0 Å². The SMILES string of the molecule is C=CC=C.C=O.CC(ONCc1ccc(OCc2ccccc2P)cc1)C(=O)NC(=O)N=[N+]=[N-]. The summed E-state index contributed by atoms with van der Waals surface area (Å²) in [7, 11) is 2.68. The quantitative estimate of drug-likeness (QED) is 0.138. The zero-order valence-corrected chi connectivity index (χ0v) is 20.0. The molecule has 2 aromatic carbocycles. The number of amides is 3. The molecule has 2 unspecified atom stereocenters. The van der Waals surface area contributed by atoms with Crippen LogP contribution >= 0.6 is 9.24 Å². The van der Waals surface area contributed by atoms with Gasteiger partial charge in [0.05, 0.1) is 0 Å². The van der Waals surface area contributed by atoms with E-state index in [4.69, 9.17) is 19.9 Å². The van der Waals surface area contributed by atoms with Crippen molar-refractivity contribution >= 4 is 33.3 Å². The highest BCUT2D eigenvalue weighted by atomic mass is 31.0. The van der Waals surface area contributed by atoms with E-state index in [2.05, 4.69) is 37.9 Å². The smallest absolute Gasteiger partial charge is 0.314 e. The second kappa shape index (κ2) is 18.7.